The molecule has 0 spiro atoms. The molecule has 3 rings (SSSR count). The number of amides is 1. The highest BCUT2D eigenvalue weighted by atomic mass is 16.5. The number of rotatable bonds is 3. The predicted octanol–water partition coefficient (Wildman–Crippen LogP) is 1.86. The largest absolute Gasteiger partial charge is 0.488 e. The van der Waals surface area contributed by atoms with Crippen LogP contribution < -0.4 is 4.74 Å². The Bertz CT molecular complexity index is 417. The maximum absolute atomic E-state index is 12.1. The number of carbonyl (C=O) groups is 1. The monoisotopic (exact) mass is 246 g/mol. The Morgan fingerprint density at radius 3 is 2.72 bits per heavy atom. The molecule has 1 amide bonds. The van der Waals surface area contributed by atoms with Crippen molar-refractivity contribution in [2.24, 2.45) is 5.92 Å². The van der Waals surface area contributed by atoms with Gasteiger partial charge in [-0.3, -0.25) is 9.78 Å². The molecule has 0 aromatic carbocycles. The van der Waals surface area contributed by atoms with Gasteiger partial charge in [0.1, 0.15) is 11.9 Å². The van der Waals surface area contributed by atoms with Gasteiger partial charge in [0, 0.05) is 31.3 Å². The van der Waals surface area contributed by atoms with Gasteiger partial charge < -0.3 is 9.64 Å². The van der Waals surface area contributed by atoms with Crippen molar-refractivity contribution in [3.8, 4) is 5.75 Å². The highest BCUT2D eigenvalue weighted by Crippen LogP contribution is 2.30. The average molecular weight is 246 g/mol. The van der Waals surface area contributed by atoms with E-state index in [1.165, 1.54) is 6.42 Å². The molecule has 0 N–H and O–H groups in total. The molecule has 1 atom stereocenters. The van der Waals surface area contributed by atoms with Crippen LogP contribution in [0.3, 0.4) is 0 Å². The third-order valence-corrected chi connectivity index (χ3v) is 3.86. The predicted molar refractivity (Wildman–Crippen MR) is 67.2 cm³/mol. The van der Waals surface area contributed by atoms with E-state index in [0.717, 1.165) is 38.1 Å². The maximum atomic E-state index is 12.1. The van der Waals surface area contributed by atoms with E-state index in [1.54, 1.807) is 12.4 Å². The van der Waals surface area contributed by atoms with Gasteiger partial charge in [-0.15, -0.1) is 0 Å². The molecular formula is C14H18N2O2. The summed E-state index contributed by atoms with van der Waals surface area (Å²) in [5.74, 6) is 1.47. The minimum atomic E-state index is 0.136. The average Bonchev–Trinajstić information content (AvgIpc) is 2.76. The standard InChI is InChI=1S/C14H18N2O2/c17-14(11-2-1-3-11)16-9-6-13(10-16)18-12-4-7-15-8-5-12/h4-5,7-8,11,13H,1-3,6,9-10H2. The summed E-state index contributed by atoms with van der Waals surface area (Å²) >= 11 is 0. The summed E-state index contributed by atoms with van der Waals surface area (Å²) in [7, 11) is 0. The molecule has 96 valence electrons. The van der Waals surface area contributed by atoms with Crippen molar-refractivity contribution in [1.82, 2.24) is 9.88 Å². The van der Waals surface area contributed by atoms with Crippen molar-refractivity contribution < 1.29 is 9.53 Å². The fourth-order valence-electron chi connectivity index (χ4n) is 2.55. The first-order valence-corrected chi connectivity index (χ1v) is 6.68. The number of hydrogen-bond acceptors (Lipinski definition) is 3. The van der Waals surface area contributed by atoms with Crippen LogP contribution in [0, 0.1) is 5.92 Å². The van der Waals surface area contributed by atoms with Crippen molar-refractivity contribution in [2.45, 2.75) is 31.8 Å². The minimum Gasteiger partial charge on any atom is -0.488 e. The second kappa shape index (κ2) is 4.96. The molecule has 4 heteroatoms. The fraction of sp³-hybridized carbons (Fsp3) is 0.571. The smallest absolute Gasteiger partial charge is 0.225 e. The lowest BCUT2D eigenvalue weighted by atomic mass is 9.84. The van der Waals surface area contributed by atoms with Gasteiger partial charge in [0.25, 0.3) is 0 Å². The van der Waals surface area contributed by atoms with E-state index < -0.39 is 0 Å². The summed E-state index contributed by atoms with van der Waals surface area (Å²) in [4.78, 5) is 18.0. The molecule has 1 aromatic heterocycles. The van der Waals surface area contributed by atoms with Gasteiger partial charge in [-0.05, 0) is 25.0 Å². The minimum absolute atomic E-state index is 0.136. The first kappa shape index (κ1) is 11.5. The molecule has 1 saturated heterocycles. The molecule has 18 heavy (non-hydrogen) atoms. The van der Waals surface area contributed by atoms with Gasteiger partial charge in [-0.2, -0.15) is 0 Å². The summed E-state index contributed by atoms with van der Waals surface area (Å²) in [5, 5.41) is 0. The Balaban J connectivity index is 1.53. The normalized spacial score (nSPS) is 23.8. The van der Waals surface area contributed by atoms with E-state index in [-0.39, 0.29) is 6.10 Å². The Labute approximate surface area is 107 Å². The summed E-state index contributed by atoms with van der Waals surface area (Å²) < 4.78 is 5.85. The molecule has 1 aliphatic heterocycles. The SMILES string of the molecule is O=C(C1CCC1)N1CCC(Oc2ccncc2)C1. The van der Waals surface area contributed by atoms with Crippen LogP contribution in [-0.2, 0) is 4.79 Å². The van der Waals surface area contributed by atoms with Gasteiger partial charge in [0.05, 0.1) is 6.54 Å². The maximum Gasteiger partial charge on any atom is 0.225 e. The van der Waals surface area contributed by atoms with E-state index in [0.29, 0.717) is 11.8 Å². The van der Waals surface area contributed by atoms with E-state index in [1.807, 2.05) is 17.0 Å². The van der Waals surface area contributed by atoms with Gasteiger partial charge in [-0.25, -0.2) is 0 Å². The van der Waals surface area contributed by atoms with Crippen LogP contribution in [0.15, 0.2) is 24.5 Å². The molecule has 4 nitrogen and oxygen atoms in total. The number of ether oxygens (including phenoxy) is 1. The van der Waals surface area contributed by atoms with Crippen molar-refractivity contribution in [3.63, 3.8) is 0 Å². The summed E-state index contributed by atoms with van der Waals surface area (Å²) in [5.41, 5.74) is 0. The summed E-state index contributed by atoms with van der Waals surface area (Å²) in [6.45, 7) is 1.57. The zero-order valence-corrected chi connectivity index (χ0v) is 10.4. The first-order chi connectivity index (χ1) is 8.83. The van der Waals surface area contributed by atoms with Gasteiger partial charge in [0.15, 0.2) is 0 Å². The molecule has 0 bridgehead atoms. The molecule has 1 aromatic rings. The van der Waals surface area contributed by atoms with Crippen molar-refractivity contribution in [3.05, 3.63) is 24.5 Å². The van der Waals surface area contributed by atoms with Crippen LogP contribution >= 0.6 is 0 Å². The first-order valence-electron chi connectivity index (χ1n) is 6.68. The molecule has 2 heterocycles. The van der Waals surface area contributed by atoms with Crippen LogP contribution in [0.2, 0.25) is 0 Å². The van der Waals surface area contributed by atoms with Gasteiger partial charge in [0.2, 0.25) is 5.91 Å². The van der Waals surface area contributed by atoms with Crippen LogP contribution in [0.25, 0.3) is 0 Å². The van der Waals surface area contributed by atoms with Crippen LogP contribution in [0.4, 0.5) is 0 Å². The Morgan fingerprint density at radius 2 is 2.06 bits per heavy atom. The van der Waals surface area contributed by atoms with Gasteiger partial charge >= 0.3 is 0 Å². The topological polar surface area (TPSA) is 42.4 Å². The lowest BCUT2D eigenvalue weighted by Crippen LogP contribution is -2.38. The number of aromatic nitrogens is 1. The number of pyridine rings is 1. The number of likely N-dealkylation sites (tertiary alicyclic amines) is 1. The zero-order valence-electron chi connectivity index (χ0n) is 10.4. The Morgan fingerprint density at radius 1 is 1.28 bits per heavy atom. The molecule has 2 aliphatic rings. The number of carbonyl (C=O) groups excluding carboxylic acids is 1. The lowest BCUT2D eigenvalue weighted by molar-refractivity contribution is -0.137. The van der Waals surface area contributed by atoms with Crippen LogP contribution in [-0.4, -0.2) is 35.0 Å². The second-order valence-corrected chi connectivity index (χ2v) is 5.12. The van der Waals surface area contributed by atoms with Crippen molar-refractivity contribution in [1.29, 1.82) is 0 Å². The van der Waals surface area contributed by atoms with E-state index in [9.17, 15) is 4.79 Å². The molecule has 1 aliphatic carbocycles. The lowest BCUT2D eigenvalue weighted by Gasteiger charge is -2.29. The van der Waals surface area contributed by atoms with E-state index >= 15 is 0 Å². The van der Waals surface area contributed by atoms with Crippen molar-refractivity contribution in [2.75, 3.05) is 13.1 Å². The van der Waals surface area contributed by atoms with Crippen LogP contribution in [0.5, 0.6) is 5.75 Å². The van der Waals surface area contributed by atoms with Crippen LogP contribution in [0.1, 0.15) is 25.7 Å². The molecular weight excluding hydrogens is 228 g/mol. The highest BCUT2D eigenvalue weighted by Gasteiger charge is 2.34. The van der Waals surface area contributed by atoms with Gasteiger partial charge in [-0.1, -0.05) is 6.42 Å². The third-order valence-electron chi connectivity index (χ3n) is 3.86. The molecule has 0 radical (unpaired) electrons. The highest BCUT2D eigenvalue weighted by molar-refractivity contribution is 5.79. The second-order valence-electron chi connectivity index (χ2n) is 5.12. The fourth-order valence-corrected chi connectivity index (χ4v) is 2.55. The quantitative estimate of drug-likeness (QED) is 0.817. The summed E-state index contributed by atoms with van der Waals surface area (Å²) in [6.07, 6.45) is 7.87. The zero-order chi connectivity index (χ0) is 12.4. The number of nitrogens with zero attached hydrogens (tertiary/aromatic N) is 2. The van der Waals surface area contributed by atoms with E-state index in [2.05, 4.69) is 4.98 Å². The summed E-state index contributed by atoms with van der Waals surface area (Å²) in [6, 6.07) is 3.72. The molecule has 1 unspecified atom stereocenters. The molecule has 1 saturated carbocycles. The molecule has 2 fully saturated rings. The third kappa shape index (κ3) is 2.33. The van der Waals surface area contributed by atoms with E-state index in [4.69, 9.17) is 4.74 Å². The Kier molecular flexibility index (Phi) is 3.17. The number of hydrogen-bond donors (Lipinski definition) is 0. The Hall–Kier alpha value is -1.58. The van der Waals surface area contributed by atoms with Crippen molar-refractivity contribution >= 4 is 5.91 Å².